The molecule has 2 rings (SSSR count). The summed E-state index contributed by atoms with van der Waals surface area (Å²) in [5.41, 5.74) is 0. The van der Waals surface area contributed by atoms with Gasteiger partial charge in [0, 0.05) is 19.8 Å². The zero-order valence-corrected chi connectivity index (χ0v) is 17.9. The van der Waals surface area contributed by atoms with Crippen molar-refractivity contribution in [2.24, 2.45) is 5.92 Å². The van der Waals surface area contributed by atoms with Crippen LogP contribution in [0, 0.1) is 5.92 Å². The Morgan fingerprint density at radius 1 is 0.815 bits per heavy atom. The van der Waals surface area contributed by atoms with Crippen LogP contribution in [0.3, 0.4) is 0 Å². The lowest BCUT2D eigenvalue weighted by molar-refractivity contribution is 0.173. The summed E-state index contributed by atoms with van der Waals surface area (Å²) in [6.45, 7) is 7.76. The SMILES string of the molecule is CC(C)(C)[Si](OCC(CCO)CCCO)(c1ccccc1)c1ccccc1. The Morgan fingerprint density at radius 3 is 1.74 bits per heavy atom. The van der Waals surface area contributed by atoms with E-state index in [4.69, 9.17) is 4.43 Å². The Kier molecular flexibility index (Phi) is 8.23. The zero-order chi connectivity index (χ0) is 19.8. The second kappa shape index (κ2) is 10.2. The first-order valence-electron chi connectivity index (χ1n) is 9.92. The third-order valence-electron chi connectivity index (χ3n) is 5.26. The average molecular weight is 387 g/mol. The van der Waals surface area contributed by atoms with Gasteiger partial charge >= 0.3 is 0 Å². The van der Waals surface area contributed by atoms with Crippen LogP contribution in [0.1, 0.15) is 40.0 Å². The van der Waals surface area contributed by atoms with Crippen LogP contribution in [0.2, 0.25) is 5.04 Å². The molecule has 0 spiro atoms. The maximum Gasteiger partial charge on any atom is 0.261 e. The zero-order valence-electron chi connectivity index (χ0n) is 16.9. The van der Waals surface area contributed by atoms with Gasteiger partial charge in [-0.1, -0.05) is 81.4 Å². The molecule has 0 amide bonds. The molecular formula is C23H34O3Si. The van der Waals surface area contributed by atoms with Crippen LogP contribution in [-0.4, -0.2) is 38.4 Å². The molecule has 27 heavy (non-hydrogen) atoms. The third-order valence-corrected chi connectivity index (χ3v) is 10.3. The van der Waals surface area contributed by atoms with E-state index in [1.165, 1.54) is 10.4 Å². The van der Waals surface area contributed by atoms with Crippen molar-refractivity contribution in [1.82, 2.24) is 0 Å². The van der Waals surface area contributed by atoms with Gasteiger partial charge in [-0.25, -0.2) is 0 Å². The highest BCUT2D eigenvalue weighted by Gasteiger charge is 2.50. The van der Waals surface area contributed by atoms with Gasteiger partial charge in [0.1, 0.15) is 0 Å². The maximum atomic E-state index is 9.45. The van der Waals surface area contributed by atoms with Crippen LogP contribution in [0.25, 0.3) is 0 Å². The summed E-state index contributed by atoms with van der Waals surface area (Å²) in [4.78, 5) is 0. The number of hydrogen-bond acceptors (Lipinski definition) is 3. The Bertz CT molecular complexity index is 613. The van der Waals surface area contributed by atoms with E-state index in [9.17, 15) is 10.2 Å². The van der Waals surface area contributed by atoms with Crippen LogP contribution in [0.4, 0.5) is 0 Å². The van der Waals surface area contributed by atoms with E-state index in [2.05, 4.69) is 69.3 Å². The average Bonchev–Trinajstić information content (AvgIpc) is 2.67. The minimum Gasteiger partial charge on any atom is -0.407 e. The molecule has 1 atom stereocenters. The van der Waals surface area contributed by atoms with E-state index in [-0.39, 0.29) is 24.2 Å². The van der Waals surface area contributed by atoms with Crippen molar-refractivity contribution >= 4 is 18.7 Å². The second-order valence-electron chi connectivity index (χ2n) is 8.22. The topological polar surface area (TPSA) is 49.7 Å². The van der Waals surface area contributed by atoms with Gasteiger partial charge in [0.25, 0.3) is 8.32 Å². The molecule has 2 N–H and O–H groups in total. The number of aliphatic hydroxyl groups excluding tert-OH is 2. The van der Waals surface area contributed by atoms with Crippen molar-refractivity contribution < 1.29 is 14.6 Å². The summed E-state index contributed by atoms with van der Waals surface area (Å²) < 4.78 is 6.92. The second-order valence-corrected chi connectivity index (χ2v) is 12.5. The molecule has 4 heteroatoms. The predicted molar refractivity (Wildman–Crippen MR) is 115 cm³/mol. The normalized spacial score (nSPS) is 13.5. The monoisotopic (exact) mass is 386 g/mol. The lowest BCUT2D eigenvalue weighted by atomic mass is 10.0. The van der Waals surface area contributed by atoms with Crippen LogP contribution >= 0.6 is 0 Å². The first-order chi connectivity index (χ1) is 13.0. The number of hydrogen-bond donors (Lipinski definition) is 2. The summed E-state index contributed by atoms with van der Waals surface area (Å²) in [7, 11) is -2.52. The molecule has 0 aliphatic carbocycles. The molecule has 0 saturated carbocycles. The molecule has 0 radical (unpaired) electrons. The summed E-state index contributed by atoms with van der Waals surface area (Å²) in [5.74, 6) is 0.254. The number of rotatable bonds is 10. The van der Waals surface area contributed by atoms with Crippen molar-refractivity contribution in [3.05, 3.63) is 60.7 Å². The molecule has 2 aromatic carbocycles. The lowest BCUT2D eigenvalue weighted by Gasteiger charge is -2.43. The van der Waals surface area contributed by atoms with Gasteiger partial charge in [0.2, 0.25) is 0 Å². The smallest absolute Gasteiger partial charge is 0.261 e. The molecule has 2 aromatic rings. The molecule has 0 heterocycles. The van der Waals surface area contributed by atoms with E-state index in [1.807, 2.05) is 12.1 Å². The first kappa shape index (κ1) is 21.8. The summed E-state index contributed by atoms with van der Waals surface area (Å²) >= 11 is 0. The van der Waals surface area contributed by atoms with Crippen molar-refractivity contribution in [2.75, 3.05) is 19.8 Å². The van der Waals surface area contributed by atoms with Gasteiger partial charge in [0.15, 0.2) is 0 Å². The van der Waals surface area contributed by atoms with Crippen LogP contribution in [0.5, 0.6) is 0 Å². The fourth-order valence-electron chi connectivity index (χ4n) is 3.88. The van der Waals surface area contributed by atoms with Gasteiger partial charge in [-0.3, -0.25) is 0 Å². The molecule has 0 aliphatic rings. The quantitative estimate of drug-likeness (QED) is 0.616. The third kappa shape index (κ3) is 5.29. The molecule has 0 saturated heterocycles. The highest BCUT2D eigenvalue weighted by Crippen LogP contribution is 2.37. The largest absolute Gasteiger partial charge is 0.407 e. The Hall–Kier alpha value is -1.46. The number of aliphatic hydroxyl groups is 2. The Balaban J connectivity index is 2.45. The van der Waals surface area contributed by atoms with Crippen molar-refractivity contribution in [3.8, 4) is 0 Å². The highest BCUT2D eigenvalue weighted by molar-refractivity contribution is 6.99. The highest BCUT2D eigenvalue weighted by atomic mass is 28.4. The van der Waals surface area contributed by atoms with Gasteiger partial charge in [-0.15, -0.1) is 0 Å². The summed E-state index contributed by atoms with van der Waals surface area (Å²) in [6, 6.07) is 21.2. The molecular weight excluding hydrogens is 352 g/mol. The fraction of sp³-hybridized carbons (Fsp3) is 0.478. The van der Waals surface area contributed by atoms with E-state index in [1.54, 1.807) is 0 Å². The molecule has 0 aromatic heterocycles. The molecule has 1 unspecified atom stereocenters. The summed E-state index contributed by atoms with van der Waals surface area (Å²) in [6.07, 6.45) is 2.32. The standard InChI is InChI=1S/C23H34O3Si/c1-23(2,3)27(21-12-6-4-7-13-21,22-14-8-5-9-15-22)26-19-20(16-18-25)11-10-17-24/h4-9,12-15,20,24-25H,10-11,16-19H2,1-3H3. The van der Waals surface area contributed by atoms with Gasteiger partial charge in [-0.05, 0) is 40.6 Å². The van der Waals surface area contributed by atoms with Crippen LogP contribution in [-0.2, 0) is 4.43 Å². The van der Waals surface area contributed by atoms with Crippen LogP contribution in [0.15, 0.2) is 60.7 Å². The van der Waals surface area contributed by atoms with Crippen LogP contribution < -0.4 is 10.4 Å². The molecule has 0 bridgehead atoms. The molecule has 148 valence electrons. The van der Waals surface area contributed by atoms with Crippen molar-refractivity contribution in [1.29, 1.82) is 0 Å². The van der Waals surface area contributed by atoms with Crippen molar-refractivity contribution in [2.45, 2.75) is 45.1 Å². The Morgan fingerprint density at radius 2 is 1.33 bits per heavy atom. The van der Waals surface area contributed by atoms with E-state index < -0.39 is 8.32 Å². The number of benzene rings is 2. The maximum absolute atomic E-state index is 9.45. The Labute approximate surface area is 165 Å². The lowest BCUT2D eigenvalue weighted by Crippen LogP contribution is -2.66. The van der Waals surface area contributed by atoms with E-state index >= 15 is 0 Å². The van der Waals surface area contributed by atoms with Crippen molar-refractivity contribution in [3.63, 3.8) is 0 Å². The predicted octanol–water partition coefficient (Wildman–Crippen LogP) is 3.33. The molecule has 0 aliphatic heterocycles. The minimum absolute atomic E-state index is 0.0452. The van der Waals surface area contributed by atoms with Gasteiger partial charge in [-0.2, -0.15) is 0 Å². The first-order valence-corrected chi connectivity index (χ1v) is 11.8. The minimum atomic E-state index is -2.52. The van der Waals surface area contributed by atoms with Gasteiger partial charge in [0.05, 0.1) is 0 Å². The van der Waals surface area contributed by atoms with E-state index in [0.29, 0.717) is 13.0 Å². The molecule has 0 fully saturated rings. The fourth-order valence-corrected chi connectivity index (χ4v) is 8.52. The van der Waals surface area contributed by atoms with E-state index in [0.717, 1.165) is 12.8 Å². The molecule has 3 nitrogen and oxygen atoms in total. The summed E-state index contributed by atoms with van der Waals surface area (Å²) in [5, 5.41) is 21.2. The van der Waals surface area contributed by atoms with Gasteiger partial charge < -0.3 is 14.6 Å².